The Labute approximate surface area is 151 Å². The van der Waals surface area contributed by atoms with Crippen LogP contribution in [-0.4, -0.2) is 17.9 Å². The van der Waals surface area contributed by atoms with Gasteiger partial charge in [0.15, 0.2) is 5.76 Å². The summed E-state index contributed by atoms with van der Waals surface area (Å²) in [6.07, 6.45) is 18.5. The predicted molar refractivity (Wildman–Crippen MR) is 85.1 cm³/mol. The number of carbonyl (C=O) groups excluding carboxylic acids is 2. The van der Waals surface area contributed by atoms with Crippen LogP contribution in [0.1, 0.15) is 17.0 Å². The first-order chi connectivity index (χ1) is 11.3. The Morgan fingerprint density at radius 3 is 2.42 bits per heavy atom. The van der Waals surface area contributed by atoms with E-state index < -0.39 is 12.0 Å². The van der Waals surface area contributed by atoms with Crippen molar-refractivity contribution in [3.63, 3.8) is 0 Å². The maximum Gasteiger partial charge on any atom is 0.307 e. The molecule has 1 fully saturated rings. The molecule has 1 aromatic rings. The van der Waals surface area contributed by atoms with E-state index in [0.29, 0.717) is 0 Å². The first-order valence-corrected chi connectivity index (χ1v) is 7.41. The fourth-order valence-corrected chi connectivity index (χ4v) is 2.59. The Morgan fingerprint density at radius 2 is 1.88 bits per heavy atom. The summed E-state index contributed by atoms with van der Waals surface area (Å²) >= 11 is 0. The predicted octanol–water partition coefficient (Wildman–Crippen LogP) is 3.41. The van der Waals surface area contributed by atoms with Crippen molar-refractivity contribution in [2.45, 2.75) is 12.5 Å². The van der Waals surface area contributed by atoms with E-state index in [1.807, 2.05) is 55.4 Å². The first-order valence-electron chi connectivity index (χ1n) is 7.41. The zero-order chi connectivity index (χ0) is 16.1. The van der Waals surface area contributed by atoms with Gasteiger partial charge in [0.05, 0.1) is 18.6 Å². The molecule has 4 rings (SSSR count). The minimum Gasteiger partial charge on any atom is -0.461 e. The fourth-order valence-electron chi connectivity index (χ4n) is 2.59. The van der Waals surface area contributed by atoms with Crippen molar-refractivity contribution in [3.05, 3.63) is 85.1 Å². The number of allylic oxidation sites excluding steroid dienone is 6. The van der Waals surface area contributed by atoms with Gasteiger partial charge in [0, 0.05) is 29.9 Å². The maximum absolute atomic E-state index is 12.2. The van der Waals surface area contributed by atoms with E-state index in [9.17, 15) is 9.59 Å². The second-order valence-electron chi connectivity index (χ2n) is 5.24. The van der Waals surface area contributed by atoms with E-state index in [-0.39, 0.29) is 41.0 Å². The Morgan fingerprint density at radius 1 is 1.08 bits per heavy atom. The fraction of sp³-hybridized carbons (Fsp3) is 0.158. The van der Waals surface area contributed by atoms with Gasteiger partial charge in [-0.2, -0.15) is 0 Å². The summed E-state index contributed by atoms with van der Waals surface area (Å²) in [7, 11) is 0. The van der Waals surface area contributed by atoms with Crippen LogP contribution < -0.4 is 0 Å². The molecule has 2 radical (unpaired) electrons. The zero-order valence-corrected chi connectivity index (χ0v) is 13.9. The maximum atomic E-state index is 12.2. The average molecular weight is 364 g/mol. The molecular weight excluding hydrogens is 348 g/mol. The van der Waals surface area contributed by atoms with Crippen molar-refractivity contribution in [2.75, 3.05) is 0 Å². The average Bonchev–Trinajstić information content (AvgIpc) is 3.34. The summed E-state index contributed by atoms with van der Waals surface area (Å²) in [6, 6.07) is 3.26. The Kier molecular flexibility index (Phi) is 6.59. The first kappa shape index (κ1) is 18.2. The minimum atomic E-state index is -0.495. The van der Waals surface area contributed by atoms with Gasteiger partial charge in [-0.3, -0.25) is 9.59 Å². The van der Waals surface area contributed by atoms with Gasteiger partial charge in [-0.15, -0.1) is 0 Å². The molecule has 0 N–H and O–H groups in total. The van der Waals surface area contributed by atoms with Gasteiger partial charge < -0.3 is 9.15 Å². The standard InChI is InChI=1S/C14H11O4.C5H5.Fe/c15-12-8-10(13(16)11-6-3-7-17-11)14(18-12)9-4-1-2-5-9;1-2-4-5-3-1;/h1-7,10,14H,8H2;1-5H;/t10-,14-;;/m0../s1. The van der Waals surface area contributed by atoms with E-state index >= 15 is 0 Å². The number of hydrogen-bond donors (Lipinski definition) is 0. The molecule has 2 aliphatic carbocycles. The van der Waals surface area contributed by atoms with Crippen LogP contribution in [0, 0.1) is 18.8 Å². The van der Waals surface area contributed by atoms with Crippen molar-refractivity contribution < 1.29 is 35.8 Å². The third-order valence-electron chi connectivity index (χ3n) is 3.68. The monoisotopic (exact) mass is 364 g/mol. The van der Waals surface area contributed by atoms with Crippen molar-refractivity contribution in [2.24, 2.45) is 5.92 Å². The van der Waals surface area contributed by atoms with Crippen molar-refractivity contribution in [1.82, 2.24) is 0 Å². The molecule has 0 amide bonds. The molecule has 0 bridgehead atoms. The van der Waals surface area contributed by atoms with Gasteiger partial charge in [-0.1, -0.05) is 42.5 Å². The molecule has 2 heterocycles. The molecular formula is C19H16FeO4. The summed E-state index contributed by atoms with van der Waals surface area (Å²) in [5, 5.41) is 0. The number of carbonyl (C=O) groups is 2. The quantitative estimate of drug-likeness (QED) is 0.469. The summed E-state index contributed by atoms with van der Waals surface area (Å²) < 4.78 is 10.3. The van der Waals surface area contributed by atoms with Gasteiger partial charge in [0.1, 0.15) is 6.10 Å². The van der Waals surface area contributed by atoms with Crippen LogP contribution in [0.4, 0.5) is 0 Å². The number of Topliss-reactive ketones (excluding diaryl/α,β-unsaturated/α-hetero) is 1. The number of ether oxygens (including phenoxy) is 1. The van der Waals surface area contributed by atoms with Crippen LogP contribution in [0.2, 0.25) is 0 Å². The van der Waals surface area contributed by atoms with E-state index in [2.05, 4.69) is 0 Å². The number of esters is 1. The van der Waals surface area contributed by atoms with E-state index in [4.69, 9.17) is 9.15 Å². The summed E-state index contributed by atoms with van der Waals surface area (Å²) in [5.74, 6) is -0.746. The zero-order valence-electron chi connectivity index (χ0n) is 12.8. The topological polar surface area (TPSA) is 56.5 Å². The summed E-state index contributed by atoms with van der Waals surface area (Å²) in [4.78, 5) is 23.7. The van der Waals surface area contributed by atoms with Gasteiger partial charge in [0.2, 0.25) is 5.78 Å². The van der Waals surface area contributed by atoms with Gasteiger partial charge in [0.25, 0.3) is 0 Å². The largest absolute Gasteiger partial charge is 0.461 e. The van der Waals surface area contributed by atoms with Crippen LogP contribution in [-0.2, 0) is 26.6 Å². The summed E-state index contributed by atoms with van der Waals surface area (Å²) in [6.45, 7) is 0. The molecule has 1 saturated heterocycles. The third-order valence-corrected chi connectivity index (χ3v) is 3.68. The molecule has 0 spiro atoms. The Balaban J connectivity index is 0.000000300. The van der Waals surface area contributed by atoms with Crippen LogP contribution in [0.25, 0.3) is 0 Å². The number of ketones is 1. The number of rotatable bonds is 3. The van der Waals surface area contributed by atoms with Crippen LogP contribution in [0.5, 0.6) is 0 Å². The molecule has 124 valence electrons. The smallest absolute Gasteiger partial charge is 0.307 e. The number of hydrogen-bond acceptors (Lipinski definition) is 4. The molecule has 3 aliphatic rings. The Hall–Kier alpha value is -2.10. The number of cyclic esters (lactones) is 1. The van der Waals surface area contributed by atoms with Crippen LogP contribution in [0.15, 0.2) is 70.9 Å². The second kappa shape index (κ2) is 8.67. The van der Waals surface area contributed by atoms with Gasteiger partial charge in [-0.25, -0.2) is 0 Å². The van der Waals surface area contributed by atoms with Gasteiger partial charge >= 0.3 is 5.97 Å². The SMILES string of the molecule is O=C1C[C@@H](C(=O)c2ccco2)[C@H](C2=C[CH]C=C2)O1.[CH]1C=CC=C1.[Fe]. The number of furan rings is 1. The molecule has 0 saturated carbocycles. The third kappa shape index (κ3) is 4.25. The van der Waals surface area contributed by atoms with Crippen molar-refractivity contribution in [1.29, 1.82) is 0 Å². The molecule has 0 aromatic carbocycles. The molecule has 5 heteroatoms. The molecule has 1 aromatic heterocycles. The van der Waals surface area contributed by atoms with Gasteiger partial charge in [-0.05, 0) is 17.7 Å². The second-order valence-corrected chi connectivity index (χ2v) is 5.24. The van der Waals surface area contributed by atoms with Crippen molar-refractivity contribution >= 4 is 11.8 Å². The Bertz CT molecular complexity index is 685. The van der Waals surface area contributed by atoms with Crippen LogP contribution in [0.3, 0.4) is 0 Å². The molecule has 0 unspecified atom stereocenters. The molecule has 4 nitrogen and oxygen atoms in total. The molecule has 1 aliphatic heterocycles. The van der Waals surface area contributed by atoms with E-state index in [1.54, 1.807) is 12.1 Å². The minimum absolute atomic E-state index is 0. The van der Waals surface area contributed by atoms with E-state index in [0.717, 1.165) is 5.57 Å². The van der Waals surface area contributed by atoms with Crippen LogP contribution >= 0.6 is 0 Å². The van der Waals surface area contributed by atoms with Crippen molar-refractivity contribution in [3.8, 4) is 0 Å². The molecule has 24 heavy (non-hydrogen) atoms. The summed E-state index contributed by atoms with van der Waals surface area (Å²) in [5.41, 5.74) is 0.853. The molecule has 2 atom stereocenters. The normalized spacial score (nSPS) is 23.3. The van der Waals surface area contributed by atoms with E-state index in [1.165, 1.54) is 6.26 Å².